The summed E-state index contributed by atoms with van der Waals surface area (Å²) in [6, 6.07) is 8.09. The predicted molar refractivity (Wildman–Crippen MR) is 82.3 cm³/mol. The standard InChI is InChI=1S/C16H22BrNO/c1-15(2,3)11-16(4,5)12-6-7-14(13(17)10-12)19-9-8-18/h6-7,10H,9,11H2,1-5H3. The molecule has 0 fully saturated rings. The van der Waals surface area contributed by atoms with E-state index in [1.54, 1.807) is 0 Å². The first-order chi connectivity index (χ1) is 8.65. The maximum Gasteiger partial charge on any atom is 0.174 e. The molecule has 0 aliphatic carbocycles. The summed E-state index contributed by atoms with van der Waals surface area (Å²) in [7, 11) is 0. The zero-order chi connectivity index (χ0) is 14.7. The van der Waals surface area contributed by atoms with Crippen molar-refractivity contribution in [2.45, 2.75) is 46.5 Å². The van der Waals surface area contributed by atoms with E-state index in [9.17, 15) is 0 Å². The van der Waals surface area contributed by atoms with Gasteiger partial charge < -0.3 is 4.74 Å². The molecule has 0 spiro atoms. The molecule has 1 aromatic rings. The van der Waals surface area contributed by atoms with Gasteiger partial charge in [0.2, 0.25) is 0 Å². The minimum atomic E-state index is 0.0727. The maximum atomic E-state index is 8.54. The van der Waals surface area contributed by atoms with E-state index >= 15 is 0 Å². The lowest BCUT2D eigenvalue weighted by Crippen LogP contribution is -2.24. The number of hydrogen-bond donors (Lipinski definition) is 0. The third-order valence-electron chi connectivity index (χ3n) is 2.98. The quantitative estimate of drug-likeness (QED) is 0.775. The SMILES string of the molecule is CC(C)(C)CC(C)(C)c1ccc(OCC#N)c(Br)c1. The Morgan fingerprint density at radius 2 is 1.84 bits per heavy atom. The number of rotatable bonds is 4. The minimum Gasteiger partial charge on any atom is -0.478 e. The Balaban J connectivity index is 2.97. The fraction of sp³-hybridized carbons (Fsp3) is 0.562. The average molecular weight is 324 g/mol. The van der Waals surface area contributed by atoms with Crippen LogP contribution in [0.3, 0.4) is 0 Å². The van der Waals surface area contributed by atoms with Crippen molar-refractivity contribution in [3.05, 3.63) is 28.2 Å². The molecule has 0 heterocycles. The molecule has 0 atom stereocenters. The van der Waals surface area contributed by atoms with E-state index in [-0.39, 0.29) is 17.4 Å². The molecule has 0 aliphatic rings. The lowest BCUT2D eigenvalue weighted by Gasteiger charge is -2.33. The molecule has 0 aliphatic heterocycles. The normalized spacial score (nSPS) is 12.1. The van der Waals surface area contributed by atoms with E-state index in [1.165, 1.54) is 5.56 Å². The fourth-order valence-corrected chi connectivity index (χ4v) is 3.07. The predicted octanol–water partition coefficient (Wildman–Crippen LogP) is 5.07. The van der Waals surface area contributed by atoms with Crippen LogP contribution in [0.15, 0.2) is 22.7 Å². The zero-order valence-corrected chi connectivity index (χ0v) is 14.0. The molecule has 2 nitrogen and oxygen atoms in total. The van der Waals surface area contributed by atoms with Crippen LogP contribution in [0.2, 0.25) is 0 Å². The van der Waals surface area contributed by atoms with E-state index in [1.807, 2.05) is 12.1 Å². The van der Waals surface area contributed by atoms with Crippen LogP contribution in [-0.2, 0) is 5.41 Å². The van der Waals surface area contributed by atoms with Gasteiger partial charge >= 0.3 is 0 Å². The number of hydrogen-bond acceptors (Lipinski definition) is 2. The number of benzene rings is 1. The Morgan fingerprint density at radius 1 is 1.21 bits per heavy atom. The van der Waals surface area contributed by atoms with Gasteiger partial charge in [0.05, 0.1) is 4.47 Å². The first kappa shape index (κ1) is 16.0. The first-order valence-corrected chi connectivity index (χ1v) is 7.25. The van der Waals surface area contributed by atoms with Gasteiger partial charge in [0.1, 0.15) is 11.8 Å². The second-order valence-electron chi connectivity index (χ2n) is 6.71. The van der Waals surface area contributed by atoms with Gasteiger partial charge in [-0.1, -0.05) is 40.7 Å². The summed E-state index contributed by atoms with van der Waals surface area (Å²) >= 11 is 3.52. The van der Waals surface area contributed by atoms with Crippen LogP contribution in [0, 0.1) is 16.7 Å². The summed E-state index contributed by atoms with van der Waals surface area (Å²) in [6.07, 6.45) is 1.10. The van der Waals surface area contributed by atoms with E-state index in [2.05, 4.69) is 62.7 Å². The molecular weight excluding hydrogens is 302 g/mol. The molecule has 0 bridgehead atoms. The van der Waals surface area contributed by atoms with Crippen LogP contribution in [0.25, 0.3) is 0 Å². The summed E-state index contributed by atoms with van der Waals surface area (Å²) in [5.74, 6) is 0.719. The van der Waals surface area contributed by atoms with Crippen molar-refractivity contribution in [1.29, 1.82) is 5.26 Å². The highest BCUT2D eigenvalue weighted by molar-refractivity contribution is 9.10. The van der Waals surface area contributed by atoms with Gasteiger partial charge in [-0.05, 0) is 50.9 Å². The molecule has 0 saturated carbocycles. The summed E-state index contributed by atoms with van der Waals surface area (Å²) in [4.78, 5) is 0. The highest BCUT2D eigenvalue weighted by Gasteiger charge is 2.27. The molecule has 0 amide bonds. The molecule has 0 N–H and O–H groups in total. The van der Waals surface area contributed by atoms with Gasteiger partial charge in [-0.25, -0.2) is 0 Å². The number of nitrogens with zero attached hydrogens (tertiary/aromatic N) is 1. The molecule has 19 heavy (non-hydrogen) atoms. The summed E-state index contributed by atoms with van der Waals surface area (Å²) in [5.41, 5.74) is 1.67. The van der Waals surface area contributed by atoms with Crippen LogP contribution in [0.5, 0.6) is 5.75 Å². The van der Waals surface area contributed by atoms with Crippen LogP contribution >= 0.6 is 15.9 Å². The average Bonchev–Trinajstić information content (AvgIpc) is 2.24. The Kier molecular flexibility index (Phi) is 5.04. The van der Waals surface area contributed by atoms with Crippen LogP contribution in [0.4, 0.5) is 0 Å². The molecule has 3 heteroatoms. The molecule has 1 rings (SSSR count). The van der Waals surface area contributed by atoms with E-state index in [0.717, 1.165) is 16.6 Å². The summed E-state index contributed by atoms with van der Waals surface area (Å²) in [5, 5.41) is 8.54. The summed E-state index contributed by atoms with van der Waals surface area (Å²) in [6.45, 7) is 11.4. The van der Waals surface area contributed by atoms with Gasteiger partial charge in [0.25, 0.3) is 0 Å². The Hall–Kier alpha value is -1.01. The number of nitriles is 1. The van der Waals surface area contributed by atoms with E-state index < -0.39 is 0 Å². The molecule has 0 radical (unpaired) electrons. The Bertz CT molecular complexity index is 481. The van der Waals surface area contributed by atoms with Crippen molar-refractivity contribution in [3.8, 4) is 11.8 Å². The van der Waals surface area contributed by atoms with Crippen molar-refractivity contribution in [2.75, 3.05) is 6.61 Å². The Morgan fingerprint density at radius 3 is 2.32 bits per heavy atom. The van der Waals surface area contributed by atoms with Crippen molar-refractivity contribution in [3.63, 3.8) is 0 Å². The van der Waals surface area contributed by atoms with E-state index in [4.69, 9.17) is 10.00 Å². The second-order valence-corrected chi connectivity index (χ2v) is 7.57. The zero-order valence-electron chi connectivity index (χ0n) is 12.4. The molecular formula is C16H22BrNO. The first-order valence-electron chi connectivity index (χ1n) is 6.45. The van der Waals surface area contributed by atoms with Gasteiger partial charge in [-0.3, -0.25) is 0 Å². The van der Waals surface area contributed by atoms with Crippen molar-refractivity contribution in [1.82, 2.24) is 0 Å². The topological polar surface area (TPSA) is 33.0 Å². The highest BCUT2D eigenvalue weighted by atomic mass is 79.9. The van der Waals surface area contributed by atoms with Crippen LogP contribution in [0.1, 0.15) is 46.6 Å². The number of ether oxygens (including phenoxy) is 1. The monoisotopic (exact) mass is 323 g/mol. The lowest BCUT2D eigenvalue weighted by atomic mass is 9.72. The largest absolute Gasteiger partial charge is 0.478 e. The fourth-order valence-electron chi connectivity index (χ4n) is 2.58. The van der Waals surface area contributed by atoms with Gasteiger partial charge in [-0.2, -0.15) is 5.26 Å². The van der Waals surface area contributed by atoms with Gasteiger partial charge in [0.15, 0.2) is 6.61 Å². The third kappa shape index (κ3) is 4.87. The second kappa shape index (κ2) is 5.96. The van der Waals surface area contributed by atoms with Gasteiger partial charge in [0, 0.05) is 0 Å². The van der Waals surface area contributed by atoms with Crippen LogP contribution in [-0.4, -0.2) is 6.61 Å². The lowest BCUT2D eigenvalue weighted by molar-refractivity contribution is 0.283. The molecule has 1 aromatic carbocycles. The maximum absolute atomic E-state index is 8.54. The minimum absolute atomic E-state index is 0.0727. The molecule has 0 aromatic heterocycles. The summed E-state index contributed by atoms with van der Waals surface area (Å²) < 4.78 is 6.25. The van der Waals surface area contributed by atoms with Gasteiger partial charge in [-0.15, -0.1) is 0 Å². The van der Waals surface area contributed by atoms with Crippen molar-refractivity contribution >= 4 is 15.9 Å². The smallest absolute Gasteiger partial charge is 0.174 e. The highest BCUT2D eigenvalue weighted by Crippen LogP contribution is 2.38. The number of halogens is 1. The molecule has 0 unspecified atom stereocenters. The Labute approximate surface area is 124 Å². The van der Waals surface area contributed by atoms with E-state index in [0.29, 0.717) is 0 Å². The van der Waals surface area contributed by atoms with Crippen LogP contribution < -0.4 is 4.74 Å². The third-order valence-corrected chi connectivity index (χ3v) is 3.60. The van der Waals surface area contributed by atoms with Crippen molar-refractivity contribution < 1.29 is 4.74 Å². The molecule has 104 valence electrons. The molecule has 0 saturated heterocycles. The van der Waals surface area contributed by atoms with Crippen molar-refractivity contribution in [2.24, 2.45) is 5.41 Å².